The Bertz CT molecular complexity index is 893. The number of benzene rings is 1. The number of carboxylic acid groups (broad SMARTS) is 1. The number of carbonyl (C=O) groups excluding carboxylic acids is 4. The van der Waals surface area contributed by atoms with Gasteiger partial charge in [-0.25, -0.2) is 0 Å². The molecule has 0 unspecified atom stereocenters. The number of carboxylic acids is 1. The predicted molar refractivity (Wildman–Crippen MR) is 98.8 cm³/mol. The number of nitrogens with one attached hydrogen (secondary N) is 1. The number of aliphatic carboxylic acids is 1. The van der Waals surface area contributed by atoms with Crippen molar-refractivity contribution >= 4 is 47.1 Å². The van der Waals surface area contributed by atoms with Crippen molar-refractivity contribution < 1.29 is 58.6 Å². The molecular weight excluding hydrogens is 431 g/mol. The van der Waals surface area contributed by atoms with Crippen molar-refractivity contribution in [2.45, 2.75) is 24.8 Å². The summed E-state index contributed by atoms with van der Waals surface area (Å²) in [5, 5.41) is 14.1. The Labute approximate surface area is 198 Å². The summed E-state index contributed by atoms with van der Waals surface area (Å²) in [6.45, 7) is 0.978. The van der Waals surface area contributed by atoms with Gasteiger partial charge in [-0.2, -0.15) is 0 Å². The van der Waals surface area contributed by atoms with Crippen molar-refractivity contribution in [1.82, 2.24) is 10.2 Å². The monoisotopic (exact) mass is 446 g/mol. The van der Waals surface area contributed by atoms with E-state index in [0.717, 1.165) is 4.90 Å². The summed E-state index contributed by atoms with van der Waals surface area (Å²) >= 11 is 7.18. The Morgan fingerprint density at radius 1 is 1.38 bits per heavy atom. The van der Waals surface area contributed by atoms with Crippen molar-refractivity contribution in [2.24, 2.45) is 0 Å². The summed E-state index contributed by atoms with van der Waals surface area (Å²) in [6.07, 6.45) is 0.0443. The molecule has 2 aliphatic heterocycles. The first-order valence-electron chi connectivity index (χ1n) is 8.33. The molecule has 0 spiro atoms. The average molecular weight is 447 g/mol. The average Bonchev–Trinajstić information content (AvgIpc) is 2.63. The number of ether oxygens (including phenoxy) is 1. The topological polar surface area (TPSA) is 116 Å². The molecule has 0 radical (unpaired) electrons. The van der Waals surface area contributed by atoms with Gasteiger partial charge in [0.15, 0.2) is 0 Å². The maximum atomic E-state index is 12.5. The molecular formula is C18H16ClN2NaO6S. The van der Waals surface area contributed by atoms with E-state index < -0.39 is 29.3 Å². The maximum Gasteiger partial charge on any atom is 1.00 e. The van der Waals surface area contributed by atoms with E-state index in [-0.39, 0.29) is 65.5 Å². The van der Waals surface area contributed by atoms with Gasteiger partial charge in [0.2, 0.25) is 5.91 Å². The molecule has 1 saturated heterocycles. The van der Waals surface area contributed by atoms with Crippen molar-refractivity contribution in [1.29, 1.82) is 0 Å². The Hall–Kier alpha value is -1.52. The van der Waals surface area contributed by atoms with Gasteiger partial charge in [0, 0.05) is 23.3 Å². The van der Waals surface area contributed by atoms with Crippen molar-refractivity contribution in [2.75, 3.05) is 12.4 Å². The van der Waals surface area contributed by atoms with Gasteiger partial charge in [-0.3, -0.25) is 19.3 Å². The molecule has 3 rings (SSSR count). The van der Waals surface area contributed by atoms with Crippen LogP contribution in [0.3, 0.4) is 0 Å². The Kier molecular flexibility index (Phi) is 8.18. The van der Waals surface area contributed by atoms with E-state index >= 15 is 0 Å². The van der Waals surface area contributed by atoms with E-state index in [2.05, 4.69) is 5.32 Å². The van der Waals surface area contributed by atoms with E-state index in [0.29, 0.717) is 10.6 Å². The van der Waals surface area contributed by atoms with Crippen LogP contribution in [0.15, 0.2) is 35.5 Å². The van der Waals surface area contributed by atoms with Crippen molar-refractivity contribution in [3.05, 3.63) is 46.1 Å². The first-order chi connectivity index (χ1) is 13.3. The minimum absolute atomic E-state index is 0. The van der Waals surface area contributed by atoms with Crippen molar-refractivity contribution in [3.8, 4) is 0 Å². The van der Waals surface area contributed by atoms with E-state index in [4.69, 9.17) is 16.3 Å². The second kappa shape index (κ2) is 9.99. The standard InChI is InChI=1S/C18H17ClN2O6S.Na/c1-9(22)27-7-11-8-28-17-14(16(24)21(17)15(11)18(25)26)20-13(23)6-10-3-2-4-12(19)5-10;/h2-5,14,17H,6-8H2,1H3,(H,20,23)(H,25,26);/q;+1/p-1/t14-,17-;/m1./s1. The zero-order valence-electron chi connectivity index (χ0n) is 15.8. The maximum absolute atomic E-state index is 12.5. The number of rotatable bonds is 6. The number of nitrogens with zero attached hydrogens (tertiary/aromatic N) is 1. The number of thioether (sulfide) groups is 1. The molecule has 1 aromatic rings. The van der Waals surface area contributed by atoms with Gasteiger partial charge in [-0.15, -0.1) is 11.8 Å². The van der Waals surface area contributed by atoms with E-state index in [1.54, 1.807) is 24.3 Å². The van der Waals surface area contributed by atoms with Gasteiger partial charge in [0.05, 0.1) is 18.1 Å². The van der Waals surface area contributed by atoms with E-state index in [1.165, 1.54) is 18.7 Å². The largest absolute Gasteiger partial charge is 1.00 e. The number of hydrogen-bond donors (Lipinski definition) is 1. The van der Waals surface area contributed by atoms with Gasteiger partial charge >= 0.3 is 35.5 Å². The van der Waals surface area contributed by atoms with Crippen LogP contribution in [-0.2, 0) is 30.3 Å². The predicted octanol–water partition coefficient (Wildman–Crippen LogP) is -3.15. The van der Waals surface area contributed by atoms with Gasteiger partial charge in [0.25, 0.3) is 5.91 Å². The number of carbonyl (C=O) groups is 4. The van der Waals surface area contributed by atoms with Crippen LogP contribution >= 0.6 is 23.4 Å². The molecule has 2 amide bonds. The van der Waals surface area contributed by atoms with Crippen LogP contribution in [0.5, 0.6) is 0 Å². The van der Waals surface area contributed by atoms with Crippen molar-refractivity contribution in [3.63, 3.8) is 0 Å². The fourth-order valence-corrected chi connectivity index (χ4v) is 4.57. The number of β-lactam (4-membered cyclic amide) rings is 1. The van der Waals surface area contributed by atoms with Crippen LogP contribution in [-0.4, -0.2) is 52.4 Å². The third-order valence-corrected chi connectivity index (χ3v) is 5.84. The molecule has 8 nitrogen and oxygen atoms in total. The third-order valence-electron chi connectivity index (χ3n) is 4.26. The fraction of sp³-hybridized carbons (Fsp3) is 0.333. The van der Waals surface area contributed by atoms with Crippen LogP contribution in [0.2, 0.25) is 5.02 Å². The zero-order chi connectivity index (χ0) is 20.4. The third kappa shape index (κ3) is 5.35. The second-order valence-corrected chi connectivity index (χ2v) is 7.82. The molecule has 0 bridgehead atoms. The minimum atomic E-state index is -1.52. The summed E-state index contributed by atoms with van der Waals surface area (Å²) in [4.78, 5) is 48.3. The summed E-state index contributed by atoms with van der Waals surface area (Å²) in [6, 6.07) is 5.98. The smallest absolute Gasteiger partial charge is 0.543 e. The van der Waals surface area contributed by atoms with Gasteiger partial charge in [-0.1, -0.05) is 23.7 Å². The molecule has 11 heteroatoms. The molecule has 0 aromatic heterocycles. The Morgan fingerprint density at radius 3 is 2.72 bits per heavy atom. The first-order valence-corrected chi connectivity index (χ1v) is 9.76. The molecule has 148 valence electrons. The molecule has 2 atom stereocenters. The fourth-order valence-electron chi connectivity index (χ4n) is 3.03. The summed E-state index contributed by atoms with van der Waals surface area (Å²) < 4.78 is 4.85. The normalized spacial score (nSPS) is 20.2. The number of fused-ring (bicyclic) bond motifs is 1. The number of esters is 1. The van der Waals surface area contributed by atoms with Crippen LogP contribution in [0.25, 0.3) is 0 Å². The molecule has 2 heterocycles. The molecule has 1 aromatic carbocycles. The van der Waals surface area contributed by atoms with Gasteiger partial charge in [-0.05, 0) is 17.7 Å². The minimum Gasteiger partial charge on any atom is -0.543 e. The Morgan fingerprint density at radius 2 is 2.10 bits per heavy atom. The molecule has 1 fully saturated rings. The zero-order valence-corrected chi connectivity index (χ0v) is 19.3. The Balaban J connectivity index is 0.00000300. The van der Waals surface area contributed by atoms with Gasteiger partial charge in [0.1, 0.15) is 18.0 Å². The molecule has 2 aliphatic rings. The van der Waals surface area contributed by atoms with Crippen LogP contribution in [0, 0.1) is 0 Å². The summed E-state index contributed by atoms with van der Waals surface area (Å²) in [5.74, 6) is -2.75. The molecule has 29 heavy (non-hydrogen) atoms. The molecule has 0 aliphatic carbocycles. The number of halogens is 1. The van der Waals surface area contributed by atoms with Crippen LogP contribution < -0.4 is 40.0 Å². The first kappa shape index (κ1) is 23.8. The number of hydrogen-bond acceptors (Lipinski definition) is 7. The summed E-state index contributed by atoms with van der Waals surface area (Å²) in [5.41, 5.74) is 0.688. The molecule has 1 N–H and O–H groups in total. The van der Waals surface area contributed by atoms with E-state index in [1.807, 2.05) is 0 Å². The quantitative estimate of drug-likeness (QED) is 0.279. The van der Waals surface area contributed by atoms with Crippen LogP contribution in [0.4, 0.5) is 0 Å². The SMILES string of the molecule is CC(=O)OCC1=C(C(=O)[O-])N2C(=O)[C@@H](NC(=O)Cc3cccc(Cl)c3)[C@H]2SC1.[Na+]. The number of amides is 2. The van der Waals surface area contributed by atoms with Gasteiger partial charge < -0.3 is 20.0 Å². The second-order valence-electron chi connectivity index (χ2n) is 6.28. The van der Waals surface area contributed by atoms with Crippen LogP contribution in [0.1, 0.15) is 12.5 Å². The summed E-state index contributed by atoms with van der Waals surface area (Å²) in [7, 11) is 0. The molecule has 0 saturated carbocycles. The van der Waals surface area contributed by atoms with E-state index in [9.17, 15) is 24.3 Å².